The fourth-order valence-corrected chi connectivity index (χ4v) is 4.31. The number of carbonyl (C=O) groups excluding carboxylic acids is 2. The molecule has 8 heteroatoms. The van der Waals surface area contributed by atoms with E-state index in [1.807, 2.05) is 20.8 Å². The molecule has 2 aliphatic heterocycles. The van der Waals surface area contributed by atoms with Crippen molar-refractivity contribution in [2.75, 3.05) is 6.54 Å². The Balaban J connectivity index is 1.68. The number of nitrogens with one attached hydrogen (secondary N) is 1. The zero-order valence-electron chi connectivity index (χ0n) is 15.6. The van der Waals surface area contributed by atoms with Crippen molar-refractivity contribution >= 4 is 35.2 Å². The van der Waals surface area contributed by atoms with Crippen molar-refractivity contribution in [3.63, 3.8) is 0 Å². The van der Waals surface area contributed by atoms with E-state index in [2.05, 4.69) is 5.32 Å². The number of phenolic OH excluding ortho intramolecular Hbond substituents is 1. The number of aromatic hydroxyl groups is 1. The minimum Gasteiger partial charge on any atom is -0.506 e. The van der Waals surface area contributed by atoms with E-state index < -0.39 is 11.5 Å². The first-order valence-corrected chi connectivity index (χ1v) is 9.79. The van der Waals surface area contributed by atoms with E-state index >= 15 is 0 Å². The van der Waals surface area contributed by atoms with Crippen LogP contribution in [0, 0.1) is 5.92 Å². The maximum atomic E-state index is 12.6. The monoisotopic (exact) mass is 414 g/mol. The molecule has 148 valence electrons. The van der Waals surface area contributed by atoms with E-state index in [4.69, 9.17) is 27.9 Å². The lowest BCUT2D eigenvalue weighted by molar-refractivity contribution is -0.0202. The van der Waals surface area contributed by atoms with Gasteiger partial charge in [-0.3, -0.25) is 4.79 Å². The number of hydrogen-bond acceptors (Lipinski definition) is 4. The Morgan fingerprint density at radius 3 is 2.56 bits per heavy atom. The van der Waals surface area contributed by atoms with Crippen LogP contribution in [0.15, 0.2) is 12.1 Å². The van der Waals surface area contributed by atoms with Crippen molar-refractivity contribution in [3.8, 4) is 5.75 Å². The number of piperidine rings is 2. The molecule has 3 fully saturated rings. The van der Waals surface area contributed by atoms with Crippen molar-refractivity contribution in [3.05, 3.63) is 27.7 Å². The molecule has 6 nitrogen and oxygen atoms in total. The highest BCUT2D eigenvalue weighted by molar-refractivity contribution is 6.36. The number of ether oxygens (including phenoxy) is 1. The third-order valence-corrected chi connectivity index (χ3v) is 5.56. The molecule has 1 aromatic rings. The van der Waals surface area contributed by atoms with E-state index in [1.165, 1.54) is 12.1 Å². The van der Waals surface area contributed by atoms with Gasteiger partial charge in [0.2, 0.25) is 0 Å². The Morgan fingerprint density at radius 1 is 1.26 bits per heavy atom. The van der Waals surface area contributed by atoms with Gasteiger partial charge in [-0.05, 0) is 58.1 Å². The van der Waals surface area contributed by atoms with Crippen LogP contribution < -0.4 is 5.32 Å². The molecule has 4 rings (SSSR count). The Bertz CT molecular complexity index is 763. The average Bonchev–Trinajstić information content (AvgIpc) is 2.57. The minimum absolute atomic E-state index is 0.0340. The molecule has 3 atom stereocenters. The third-order valence-electron chi connectivity index (χ3n) is 5.06. The number of halogens is 2. The topological polar surface area (TPSA) is 78.9 Å². The highest BCUT2D eigenvalue weighted by Crippen LogP contribution is 2.37. The summed E-state index contributed by atoms with van der Waals surface area (Å²) in [6.07, 6.45) is 2.17. The normalized spacial score (nSPS) is 24.6. The van der Waals surface area contributed by atoms with Gasteiger partial charge in [-0.25, -0.2) is 4.79 Å². The summed E-state index contributed by atoms with van der Waals surface area (Å²) >= 11 is 11.8. The van der Waals surface area contributed by atoms with Crippen molar-refractivity contribution < 1.29 is 19.4 Å². The molecule has 0 unspecified atom stereocenters. The molecule has 1 aromatic carbocycles. The van der Waals surface area contributed by atoms with Crippen molar-refractivity contribution in [2.45, 2.75) is 57.7 Å². The van der Waals surface area contributed by atoms with Gasteiger partial charge in [-0.15, -0.1) is 0 Å². The number of carbonyl (C=O) groups is 2. The lowest BCUT2D eigenvalue weighted by Gasteiger charge is -2.49. The van der Waals surface area contributed by atoms with Crippen LogP contribution in [0.4, 0.5) is 4.79 Å². The molecular weight excluding hydrogens is 391 g/mol. The highest BCUT2D eigenvalue weighted by atomic mass is 35.5. The lowest BCUT2D eigenvalue weighted by atomic mass is 9.76. The summed E-state index contributed by atoms with van der Waals surface area (Å²) in [4.78, 5) is 26.8. The fourth-order valence-electron chi connectivity index (χ4n) is 3.82. The molecule has 0 radical (unpaired) electrons. The van der Waals surface area contributed by atoms with Gasteiger partial charge < -0.3 is 20.1 Å². The number of amides is 2. The maximum Gasteiger partial charge on any atom is 0.410 e. The zero-order valence-corrected chi connectivity index (χ0v) is 17.1. The van der Waals surface area contributed by atoms with Crippen molar-refractivity contribution in [2.24, 2.45) is 5.92 Å². The number of nitrogens with zero attached hydrogens (tertiary/aromatic N) is 1. The van der Waals surface area contributed by atoms with E-state index in [0.29, 0.717) is 13.0 Å². The van der Waals surface area contributed by atoms with E-state index in [-0.39, 0.29) is 45.5 Å². The quantitative estimate of drug-likeness (QED) is 0.758. The Labute approximate surface area is 168 Å². The summed E-state index contributed by atoms with van der Waals surface area (Å²) in [5.41, 5.74) is -0.483. The van der Waals surface area contributed by atoms with Crippen LogP contribution in [-0.2, 0) is 4.74 Å². The molecular formula is C19H24Cl2N2O4. The van der Waals surface area contributed by atoms with Gasteiger partial charge in [0.1, 0.15) is 11.4 Å². The highest BCUT2D eigenvalue weighted by Gasteiger charge is 2.44. The van der Waals surface area contributed by atoms with Gasteiger partial charge in [0.15, 0.2) is 0 Å². The van der Waals surface area contributed by atoms with Gasteiger partial charge in [0.05, 0.1) is 10.6 Å². The molecule has 1 aliphatic carbocycles. The van der Waals surface area contributed by atoms with Crippen LogP contribution in [0.3, 0.4) is 0 Å². The average molecular weight is 415 g/mol. The van der Waals surface area contributed by atoms with Gasteiger partial charge in [-0.2, -0.15) is 0 Å². The maximum absolute atomic E-state index is 12.6. The third kappa shape index (κ3) is 4.43. The molecule has 0 spiro atoms. The first-order valence-electron chi connectivity index (χ1n) is 9.03. The molecule has 2 heterocycles. The van der Waals surface area contributed by atoms with Gasteiger partial charge in [-0.1, -0.05) is 23.2 Å². The molecule has 1 saturated carbocycles. The van der Waals surface area contributed by atoms with E-state index in [0.717, 1.165) is 12.8 Å². The molecule has 2 saturated heterocycles. The molecule has 0 aromatic heterocycles. The second-order valence-electron chi connectivity index (χ2n) is 8.22. The number of phenols is 1. The summed E-state index contributed by atoms with van der Waals surface area (Å²) in [5.74, 6) is -0.559. The first kappa shape index (κ1) is 20.1. The van der Waals surface area contributed by atoms with E-state index in [1.54, 1.807) is 4.90 Å². The largest absolute Gasteiger partial charge is 0.506 e. The van der Waals surface area contributed by atoms with Gasteiger partial charge in [0.25, 0.3) is 5.91 Å². The Morgan fingerprint density at radius 2 is 1.96 bits per heavy atom. The molecule has 2 bridgehead atoms. The first-order chi connectivity index (χ1) is 12.5. The fraction of sp³-hybridized carbons (Fsp3) is 0.579. The number of rotatable bonds is 2. The lowest BCUT2D eigenvalue weighted by Crippen LogP contribution is -2.60. The predicted octanol–water partition coefficient (Wildman–Crippen LogP) is 4.22. The SMILES string of the molecule is CC(C)(C)OC(=O)N1C[C@H]2CC[C@@H]1C[C@H]2NC(=O)c1cc(Cl)cc(Cl)c1O. The van der Waals surface area contributed by atoms with Gasteiger partial charge >= 0.3 is 6.09 Å². The van der Waals surface area contributed by atoms with Crippen LogP contribution in [0.5, 0.6) is 5.75 Å². The van der Waals surface area contributed by atoms with Crippen LogP contribution >= 0.6 is 23.2 Å². The van der Waals surface area contributed by atoms with Crippen LogP contribution in [0.2, 0.25) is 10.0 Å². The van der Waals surface area contributed by atoms with E-state index in [9.17, 15) is 14.7 Å². The van der Waals surface area contributed by atoms with Crippen molar-refractivity contribution in [1.29, 1.82) is 0 Å². The molecule has 2 N–H and O–H groups in total. The molecule has 3 aliphatic rings. The summed E-state index contributed by atoms with van der Waals surface area (Å²) in [5, 5.41) is 13.3. The van der Waals surface area contributed by atoms with Crippen molar-refractivity contribution in [1.82, 2.24) is 10.2 Å². The zero-order chi connectivity index (χ0) is 19.9. The summed E-state index contributed by atoms with van der Waals surface area (Å²) in [7, 11) is 0. The molecule has 27 heavy (non-hydrogen) atoms. The summed E-state index contributed by atoms with van der Waals surface area (Å²) < 4.78 is 5.49. The second-order valence-corrected chi connectivity index (χ2v) is 9.07. The van der Waals surface area contributed by atoms with Crippen LogP contribution in [0.1, 0.15) is 50.4 Å². The second kappa shape index (κ2) is 7.40. The standard InChI is InChI=1S/C19H24Cl2N2O4/c1-19(2,3)27-18(26)23-9-10-4-5-12(23)8-15(10)22-17(25)13-6-11(20)7-14(21)16(13)24/h6-7,10,12,15,24H,4-5,8-9H2,1-3H3,(H,22,25)/t10-,12-,15-/m1/s1. The minimum atomic E-state index is -0.537. The molecule has 2 amide bonds. The smallest absolute Gasteiger partial charge is 0.410 e. The summed E-state index contributed by atoms with van der Waals surface area (Å²) in [6.45, 7) is 6.09. The number of hydrogen-bond donors (Lipinski definition) is 2. The predicted molar refractivity (Wildman–Crippen MR) is 103 cm³/mol. The number of benzene rings is 1. The van der Waals surface area contributed by atoms with Crippen LogP contribution in [-0.4, -0.2) is 46.2 Å². The van der Waals surface area contributed by atoms with Gasteiger partial charge in [0, 0.05) is 23.7 Å². The number of fused-ring (bicyclic) bond motifs is 3. The van der Waals surface area contributed by atoms with Crippen LogP contribution in [0.25, 0.3) is 0 Å². The Hall–Kier alpha value is -1.66. The Kier molecular flexibility index (Phi) is 5.50. The summed E-state index contributed by atoms with van der Waals surface area (Å²) in [6, 6.07) is 2.74.